The number of carbonyl (C=O) groups is 2. The van der Waals surface area contributed by atoms with Crippen molar-refractivity contribution < 1.29 is 19.8 Å². The maximum absolute atomic E-state index is 12.7. The van der Waals surface area contributed by atoms with Crippen molar-refractivity contribution >= 4 is 34.7 Å². The summed E-state index contributed by atoms with van der Waals surface area (Å²) in [6, 6.07) is 2.36. The summed E-state index contributed by atoms with van der Waals surface area (Å²) >= 11 is 0. The van der Waals surface area contributed by atoms with Crippen LogP contribution >= 0.6 is 0 Å². The van der Waals surface area contributed by atoms with Crippen molar-refractivity contribution in [2.75, 3.05) is 23.3 Å². The molecule has 13 heteroatoms. The second kappa shape index (κ2) is 12.4. The second-order valence-corrected chi connectivity index (χ2v) is 10.8. The Hall–Kier alpha value is -3.84. The monoisotopic (exact) mass is 565 g/mol. The molecule has 13 nitrogen and oxygen atoms in total. The van der Waals surface area contributed by atoms with E-state index in [2.05, 4.69) is 39.8 Å². The van der Waals surface area contributed by atoms with E-state index in [0.717, 1.165) is 19.3 Å². The minimum Gasteiger partial charge on any atom is -0.388 e. The van der Waals surface area contributed by atoms with Crippen molar-refractivity contribution in [1.82, 2.24) is 35.1 Å². The fourth-order valence-electron chi connectivity index (χ4n) is 5.64. The summed E-state index contributed by atoms with van der Waals surface area (Å²) in [7, 11) is 0. The topological polar surface area (TPSA) is 170 Å². The van der Waals surface area contributed by atoms with Crippen molar-refractivity contribution in [1.29, 1.82) is 0 Å². The highest BCUT2D eigenvalue weighted by Gasteiger charge is 2.44. The summed E-state index contributed by atoms with van der Waals surface area (Å²) < 4.78 is 1.78. The lowest BCUT2D eigenvalue weighted by atomic mass is 10.2. The number of anilines is 2. The molecular formula is C28H39N9O4. The molecule has 41 heavy (non-hydrogen) atoms. The number of fused-ring (bicyclic) bond motifs is 1. The normalized spacial score (nSPS) is 24.2. The van der Waals surface area contributed by atoms with Gasteiger partial charge in [0.1, 0.15) is 12.2 Å². The molecule has 3 aromatic heterocycles. The largest absolute Gasteiger partial charge is 0.388 e. The first kappa shape index (κ1) is 28.7. The average Bonchev–Trinajstić information content (AvgIpc) is 3.70. The molecule has 0 aromatic carbocycles. The molecule has 2 fully saturated rings. The smallest absolute Gasteiger partial charge is 0.251 e. The van der Waals surface area contributed by atoms with Crippen LogP contribution in [0, 0.1) is 0 Å². The van der Waals surface area contributed by atoms with Gasteiger partial charge >= 0.3 is 0 Å². The van der Waals surface area contributed by atoms with Crippen LogP contribution in [-0.4, -0.2) is 90.0 Å². The molecule has 220 valence electrons. The predicted octanol–water partition coefficient (Wildman–Crippen LogP) is 1.39. The number of nitrogens with one attached hydrogen (secondary N) is 3. The summed E-state index contributed by atoms with van der Waals surface area (Å²) in [6.45, 7) is 7.15. The predicted molar refractivity (Wildman–Crippen MR) is 154 cm³/mol. The van der Waals surface area contributed by atoms with Crippen LogP contribution < -0.4 is 20.9 Å². The number of pyridine rings is 1. The summed E-state index contributed by atoms with van der Waals surface area (Å²) in [5.41, 5.74) is 1.67. The Morgan fingerprint density at radius 1 is 1.07 bits per heavy atom. The number of nitrogens with zero attached hydrogens (tertiary/aromatic N) is 6. The van der Waals surface area contributed by atoms with E-state index in [1.807, 2.05) is 4.90 Å². The molecule has 2 amide bonds. The van der Waals surface area contributed by atoms with Crippen molar-refractivity contribution in [2.45, 2.75) is 89.3 Å². The van der Waals surface area contributed by atoms with Gasteiger partial charge in [0.15, 0.2) is 17.0 Å². The highest BCUT2D eigenvalue weighted by molar-refractivity contribution is 5.94. The fourth-order valence-corrected chi connectivity index (χ4v) is 5.64. The SMILES string of the molecule is CCC(=O)N[C@H]1C[C@@H](n2cnc3c(NC(CC)CC)nc(N4CCC(NC(=O)c5ccncc5)C4)nc32)[C@H](O)[C@@H]1O. The molecule has 1 unspecified atom stereocenters. The third-order valence-electron chi connectivity index (χ3n) is 8.16. The molecule has 4 heterocycles. The van der Waals surface area contributed by atoms with Gasteiger partial charge in [-0.2, -0.15) is 9.97 Å². The molecule has 0 spiro atoms. The van der Waals surface area contributed by atoms with Gasteiger partial charge in [-0.05, 0) is 37.8 Å². The standard InChI is InChI=1S/C28H39N9O4/c1-4-17(5-2)31-25-22-26(37(15-30-22)20-13-19(23(39)24(20)40)33-21(38)6-3)35-28(34-25)36-12-9-18(14-36)32-27(41)16-7-10-29-11-8-16/h7-8,10-11,15,17-20,23-24,39-40H,4-6,9,12-14H2,1-3H3,(H,32,41)(H,33,38)(H,31,34,35)/t18?,19-,20+,23+,24-/m0/s1. The number of imidazole rings is 1. The molecule has 5 atom stereocenters. The maximum atomic E-state index is 12.7. The van der Waals surface area contributed by atoms with Crippen LogP contribution in [0.15, 0.2) is 30.9 Å². The number of hydrogen-bond donors (Lipinski definition) is 5. The fraction of sp³-hybridized carbons (Fsp3) is 0.571. The van der Waals surface area contributed by atoms with E-state index in [1.165, 1.54) is 0 Å². The molecule has 1 aliphatic carbocycles. The van der Waals surface area contributed by atoms with Crippen molar-refractivity contribution in [3.05, 3.63) is 36.4 Å². The van der Waals surface area contributed by atoms with E-state index in [9.17, 15) is 19.8 Å². The van der Waals surface area contributed by atoms with Gasteiger partial charge in [0.2, 0.25) is 11.9 Å². The number of rotatable bonds is 10. The minimum absolute atomic E-state index is 0.0787. The van der Waals surface area contributed by atoms with E-state index < -0.39 is 24.3 Å². The Morgan fingerprint density at radius 3 is 2.54 bits per heavy atom. The maximum Gasteiger partial charge on any atom is 0.251 e. The van der Waals surface area contributed by atoms with E-state index in [0.29, 0.717) is 54.4 Å². The molecule has 5 N–H and O–H groups in total. The summed E-state index contributed by atoms with van der Waals surface area (Å²) in [6.07, 6.45) is 5.75. The van der Waals surface area contributed by atoms with E-state index in [1.54, 1.807) is 42.3 Å². The van der Waals surface area contributed by atoms with Crippen LogP contribution in [-0.2, 0) is 4.79 Å². The first-order valence-corrected chi connectivity index (χ1v) is 14.4. The Balaban J connectivity index is 1.43. The van der Waals surface area contributed by atoms with Crippen LogP contribution in [0.1, 0.15) is 69.3 Å². The Labute approximate surface area is 238 Å². The molecule has 3 aromatic rings. The highest BCUT2D eigenvalue weighted by Crippen LogP contribution is 2.35. The lowest BCUT2D eigenvalue weighted by Gasteiger charge is -2.22. The molecule has 5 rings (SSSR count). The number of carbonyl (C=O) groups excluding carboxylic acids is 2. The number of aliphatic hydroxyl groups is 2. The van der Waals surface area contributed by atoms with Gasteiger partial charge in [-0.3, -0.25) is 14.6 Å². The Morgan fingerprint density at radius 2 is 1.83 bits per heavy atom. The zero-order chi connectivity index (χ0) is 29.1. The quantitative estimate of drug-likeness (QED) is 0.242. The van der Waals surface area contributed by atoms with Crippen molar-refractivity contribution in [3.63, 3.8) is 0 Å². The minimum atomic E-state index is -1.11. The zero-order valence-electron chi connectivity index (χ0n) is 23.7. The number of amides is 2. The van der Waals surface area contributed by atoms with Gasteiger partial charge in [-0.25, -0.2) is 4.98 Å². The van der Waals surface area contributed by atoms with Crippen LogP contribution in [0.25, 0.3) is 11.2 Å². The summed E-state index contributed by atoms with van der Waals surface area (Å²) in [5.74, 6) is 0.768. The van der Waals surface area contributed by atoms with Crippen LogP contribution in [0.4, 0.5) is 11.8 Å². The van der Waals surface area contributed by atoms with Crippen molar-refractivity contribution in [2.24, 2.45) is 0 Å². The summed E-state index contributed by atoms with van der Waals surface area (Å²) in [5, 5.41) is 31.1. The molecule has 2 aliphatic rings. The van der Waals surface area contributed by atoms with Crippen LogP contribution in [0.2, 0.25) is 0 Å². The van der Waals surface area contributed by atoms with Gasteiger partial charge in [0.25, 0.3) is 5.91 Å². The average molecular weight is 566 g/mol. The molecule has 0 radical (unpaired) electrons. The second-order valence-electron chi connectivity index (χ2n) is 10.8. The number of aromatic nitrogens is 5. The zero-order valence-corrected chi connectivity index (χ0v) is 23.7. The lowest BCUT2D eigenvalue weighted by Crippen LogP contribution is -2.42. The molecule has 1 aliphatic heterocycles. The first-order chi connectivity index (χ1) is 19.8. The molecule has 1 saturated heterocycles. The van der Waals surface area contributed by atoms with Gasteiger partial charge in [-0.15, -0.1) is 0 Å². The van der Waals surface area contributed by atoms with Gasteiger partial charge in [-0.1, -0.05) is 20.8 Å². The molecule has 0 bridgehead atoms. The van der Waals surface area contributed by atoms with Gasteiger partial charge in [0, 0.05) is 49.6 Å². The highest BCUT2D eigenvalue weighted by atomic mass is 16.3. The van der Waals surface area contributed by atoms with E-state index in [-0.39, 0.29) is 23.9 Å². The van der Waals surface area contributed by atoms with Crippen LogP contribution in [0.5, 0.6) is 0 Å². The van der Waals surface area contributed by atoms with E-state index >= 15 is 0 Å². The van der Waals surface area contributed by atoms with Crippen LogP contribution in [0.3, 0.4) is 0 Å². The molecular weight excluding hydrogens is 526 g/mol. The summed E-state index contributed by atoms with van der Waals surface area (Å²) in [4.78, 5) is 45.1. The molecule has 1 saturated carbocycles. The number of hydrogen-bond acceptors (Lipinski definition) is 10. The Kier molecular flexibility index (Phi) is 8.64. The van der Waals surface area contributed by atoms with Crippen molar-refractivity contribution in [3.8, 4) is 0 Å². The van der Waals surface area contributed by atoms with Gasteiger partial charge < -0.3 is 35.6 Å². The number of aliphatic hydroxyl groups excluding tert-OH is 2. The third kappa shape index (κ3) is 5.96. The van der Waals surface area contributed by atoms with Gasteiger partial charge in [0.05, 0.1) is 18.4 Å². The van der Waals surface area contributed by atoms with E-state index in [4.69, 9.17) is 9.97 Å². The Bertz CT molecular complexity index is 1360. The first-order valence-electron chi connectivity index (χ1n) is 14.4. The third-order valence-corrected chi connectivity index (χ3v) is 8.16. The lowest BCUT2D eigenvalue weighted by molar-refractivity contribution is -0.122.